The number of benzene rings is 1. The minimum absolute atomic E-state index is 0.0284. The highest BCUT2D eigenvalue weighted by Gasteiger charge is 2.29. The zero-order valence-electron chi connectivity index (χ0n) is 14.5. The Kier molecular flexibility index (Phi) is 5.03. The van der Waals surface area contributed by atoms with E-state index in [1.165, 1.54) is 0 Å². The number of nitrogens with one attached hydrogen (secondary N) is 1. The molecule has 6 nitrogen and oxygen atoms in total. The third-order valence-electron chi connectivity index (χ3n) is 4.50. The smallest absolute Gasteiger partial charge is 0.263 e. The first-order valence-corrected chi connectivity index (χ1v) is 8.54. The van der Waals surface area contributed by atoms with Gasteiger partial charge >= 0.3 is 0 Å². The van der Waals surface area contributed by atoms with Crippen molar-refractivity contribution in [2.24, 2.45) is 0 Å². The molecule has 1 aliphatic heterocycles. The fourth-order valence-corrected chi connectivity index (χ4v) is 3.22. The van der Waals surface area contributed by atoms with Gasteiger partial charge in [0.15, 0.2) is 6.10 Å². The number of H-pyrrole nitrogens is 1. The molecule has 0 spiro atoms. The average Bonchev–Trinajstić information content (AvgIpc) is 3.07. The first kappa shape index (κ1) is 17.0. The second-order valence-corrected chi connectivity index (χ2v) is 6.50. The Morgan fingerprint density at radius 2 is 2.32 bits per heavy atom. The van der Waals surface area contributed by atoms with Gasteiger partial charge in [-0.3, -0.25) is 9.89 Å². The third-order valence-corrected chi connectivity index (χ3v) is 4.50. The maximum absolute atomic E-state index is 12.7. The quantitative estimate of drug-likeness (QED) is 0.929. The van der Waals surface area contributed by atoms with Crippen LogP contribution in [-0.2, 0) is 4.79 Å². The molecule has 0 bridgehead atoms. The van der Waals surface area contributed by atoms with Crippen molar-refractivity contribution in [3.63, 3.8) is 0 Å². The van der Waals surface area contributed by atoms with E-state index < -0.39 is 6.10 Å². The van der Waals surface area contributed by atoms with Crippen LogP contribution in [0.2, 0.25) is 0 Å². The van der Waals surface area contributed by atoms with E-state index in [2.05, 4.69) is 16.3 Å². The highest BCUT2D eigenvalue weighted by Crippen LogP contribution is 2.26. The zero-order valence-corrected chi connectivity index (χ0v) is 14.5. The molecule has 2 aromatic rings. The summed E-state index contributed by atoms with van der Waals surface area (Å²) in [5.74, 6) is 0.771. The number of hydrogen-bond donors (Lipinski definition) is 1. The van der Waals surface area contributed by atoms with Crippen molar-refractivity contribution in [2.75, 3.05) is 13.1 Å². The topological polar surface area (TPSA) is 82.0 Å². The van der Waals surface area contributed by atoms with E-state index in [1.54, 1.807) is 31.2 Å². The largest absolute Gasteiger partial charge is 0.481 e. The highest BCUT2D eigenvalue weighted by atomic mass is 16.5. The molecule has 2 atom stereocenters. The molecule has 1 N–H and O–H groups in total. The Morgan fingerprint density at radius 3 is 3.04 bits per heavy atom. The van der Waals surface area contributed by atoms with Crippen LogP contribution in [0.5, 0.6) is 5.75 Å². The molecular weight excluding hydrogens is 316 g/mol. The number of hydrogen-bond acceptors (Lipinski definition) is 4. The van der Waals surface area contributed by atoms with Gasteiger partial charge < -0.3 is 9.64 Å². The zero-order chi connectivity index (χ0) is 17.8. The van der Waals surface area contributed by atoms with Gasteiger partial charge in [-0.1, -0.05) is 6.07 Å². The van der Waals surface area contributed by atoms with E-state index in [0.29, 0.717) is 17.9 Å². The van der Waals surface area contributed by atoms with Crippen LogP contribution >= 0.6 is 0 Å². The normalized spacial score (nSPS) is 18.4. The molecule has 0 radical (unpaired) electrons. The van der Waals surface area contributed by atoms with Gasteiger partial charge in [0.05, 0.1) is 17.3 Å². The number of carbonyl (C=O) groups is 1. The maximum atomic E-state index is 12.7. The van der Waals surface area contributed by atoms with Crippen LogP contribution in [-0.4, -0.2) is 40.2 Å². The standard InChI is InChI=1S/C19H22N4O2/c1-13-9-18(22-21-13)16-6-4-8-23(12-16)19(24)14(2)25-17-7-3-5-15(10-17)11-20/h3,5,7,9-10,14,16H,4,6,8,12H2,1-2H3,(H,21,22)/t14-,16-/m1/s1. The van der Waals surface area contributed by atoms with Crippen molar-refractivity contribution in [3.05, 3.63) is 47.3 Å². The van der Waals surface area contributed by atoms with E-state index in [4.69, 9.17) is 10.00 Å². The summed E-state index contributed by atoms with van der Waals surface area (Å²) < 4.78 is 5.75. The van der Waals surface area contributed by atoms with Crippen LogP contribution in [0, 0.1) is 18.3 Å². The molecule has 3 rings (SSSR count). The van der Waals surface area contributed by atoms with Gasteiger partial charge in [0.1, 0.15) is 5.75 Å². The number of aromatic amines is 1. The molecule has 0 aliphatic carbocycles. The van der Waals surface area contributed by atoms with Gasteiger partial charge in [-0.15, -0.1) is 0 Å². The molecule has 6 heteroatoms. The lowest BCUT2D eigenvalue weighted by Crippen LogP contribution is -2.45. The summed E-state index contributed by atoms with van der Waals surface area (Å²) in [5.41, 5.74) is 2.57. The molecule has 130 valence electrons. The minimum atomic E-state index is -0.589. The summed E-state index contributed by atoms with van der Waals surface area (Å²) in [4.78, 5) is 14.6. The van der Waals surface area contributed by atoms with Gasteiger partial charge in [0, 0.05) is 24.7 Å². The fourth-order valence-electron chi connectivity index (χ4n) is 3.22. The Morgan fingerprint density at radius 1 is 1.48 bits per heavy atom. The summed E-state index contributed by atoms with van der Waals surface area (Å²) in [6.07, 6.45) is 1.40. The van der Waals surface area contributed by atoms with Crippen molar-refractivity contribution in [3.8, 4) is 11.8 Å². The van der Waals surface area contributed by atoms with E-state index in [0.717, 1.165) is 30.8 Å². The first-order valence-electron chi connectivity index (χ1n) is 8.54. The second kappa shape index (κ2) is 7.39. The summed E-state index contributed by atoms with van der Waals surface area (Å²) in [6.45, 7) is 5.14. The van der Waals surface area contributed by atoms with Crippen molar-refractivity contribution >= 4 is 5.91 Å². The van der Waals surface area contributed by atoms with Crippen molar-refractivity contribution in [1.82, 2.24) is 15.1 Å². The van der Waals surface area contributed by atoms with Gasteiger partial charge in [-0.2, -0.15) is 10.4 Å². The molecular formula is C19H22N4O2. The number of nitriles is 1. The summed E-state index contributed by atoms with van der Waals surface area (Å²) in [6, 6.07) is 11.0. The number of amides is 1. The Balaban J connectivity index is 1.64. The monoisotopic (exact) mass is 338 g/mol. The van der Waals surface area contributed by atoms with Crippen LogP contribution in [0.25, 0.3) is 0 Å². The molecule has 25 heavy (non-hydrogen) atoms. The number of ether oxygens (including phenoxy) is 1. The van der Waals surface area contributed by atoms with Crippen LogP contribution in [0.1, 0.15) is 42.6 Å². The number of nitrogens with zero attached hydrogens (tertiary/aromatic N) is 3. The Bertz CT molecular complexity index is 793. The van der Waals surface area contributed by atoms with Crippen LogP contribution in [0.3, 0.4) is 0 Å². The summed E-state index contributed by atoms with van der Waals surface area (Å²) in [5, 5.41) is 16.3. The first-order chi connectivity index (χ1) is 12.1. The van der Waals surface area contributed by atoms with Gasteiger partial charge in [0.2, 0.25) is 0 Å². The molecule has 1 aromatic carbocycles. The minimum Gasteiger partial charge on any atom is -0.481 e. The third kappa shape index (κ3) is 4.00. The number of piperidine rings is 1. The lowest BCUT2D eigenvalue weighted by molar-refractivity contribution is -0.139. The Labute approximate surface area is 147 Å². The van der Waals surface area contributed by atoms with Crippen LogP contribution in [0.4, 0.5) is 0 Å². The molecule has 1 saturated heterocycles. The lowest BCUT2D eigenvalue weighted by atomic mass is 9.94. The number of aryl methyl sites for hydroxylation is 1. The Hall–Kier alpha value is -2.81. The second-order valence-electron chi connectivity index (χ2n) is 6.50. The lowest BCUT2D eigenvalue weighted by Gasteiger charge is -2.33. The molecule has 1 aliphatic rings. The van der Waals surface area contributed by atoms with Crippen molar-refractivity contribution in [2.45, 2.75) is 38.7 Å². The number of carbonyl (C=O) groups excluding carboxylic acids is 1. The predicted octanol–water partition coefficient (Wildman–Crippen LogP) is 2.76. The van der Waals surface area contributed by atoms with E-state index in [9.17, 15) is 4.79 Å². The van der Waals surface area contributed by atoms with Crippen molar-refractivity contribution < 1.29 is 9.53 Å². The van der Waals surface area contributed by atoms with E-state index in [1.807, 2.05) is 17.9 Å². The predicted molar refractivity (Wildman–Crippen MR) is 93.1 cm³/mol. The van der Waals surface area contributed by atoms with Gasteiger partial charge in [-0.25, -0.2) is 0 Å². The molecule has 0 unspecified atom stereocenters. The van der Waals surface area contributed by atoms with Gasteiger partial charge in [0.25, 0.3) is 5.91 Å². The number of likely N-dealkylation sites (tertiary alicyclic amines) is 1. The maximum Gasteiger partial charge on any atom is 0.263 e. The summed E-state index contributed by atoms with van der Waals surface area (Å²) in [7, 11) is 0. The molecule has 1 aromatic heterocycles. The summed E-state index contributed by atoms with van der Waals surface area (Å²) >= 11 is 0. The fraction of sp³-hybridized carbons (Fsp3) is 0.421. The SMILES string of the molecule is Cc1cc([C@@H]2CCCN(C(=O)[C@@H](C)Oc3cccc(C#N)c3)C2)n[nH]1. The molecule has 1 amide bonds. The van der Waals surface area contributed by atoms with E-state index in [-0.39, 0.29) is 11.8 Å². The van der Waals surface area contributed by atoms with E-state index >= 15 is 0 Å². The number of rotatable bonds is 4. The highest BCUT2D eigenvalue weighted by molar-refractivity contribution is 5.81. The van der Waals surface area contributed by atoms with Crippen molar-refractivity contribution in [1.29, 1.82) is 5.26 Å². The molecule has 1 fully saturated rings. The van der Waals surface area contributed by atoms with Gasteiger partial charge in [-0.05, 0) is 51.0 Å². The average molecular weight is 338 g/mol. The molecule has 2 heterocycles. The van der Waals surface area contributed by atoms with Crippen LogP contribution in [0.15, 0.2) is 30.3 Å². The number of aromatic nitrogens is 2. The van der Waals surface area contributed by atoms with Crippen LogP contribution < -0.4 is 4.74 Å². The molecule has 0 saturated carbocycles.